The fourth-order valence-electron chi connectivity index (χ4n) is 2.89. The van der Waals surface area contributed by atoms with Crippen LogP contribution in [0.2, 0.25) is 5.02 Å². The summed E-state index contributed by atoms with van der Waals surface area (Å²) in [6.45, 7) is 3.20. The molecule has 0 saturated carbocycles. The molecule has 1 fully saturated rings. The maximum Gasteiger partial charge on any atom is 0.173 e. The molecule has 3 nitrogen and oxygen atoms in total. The van der Waals surface area contributed by atoms with Gasteiger partial charge in [0.15, 0.2) is 10.9 Å². The number of hydrogen-bond donors (Lipinski definition) is 1. The highest BCUT2D eigenvalue weighted by Crippen LogP contribution is 2.32. The van der Waals surface area contributed by atoms with Crippen molar-refractivity contribution in [2.75, 3.05) is 11.9 Å². The van der Waals surface area contributed by atoms with Crippen LogP contribution >= 0.6 is 23.8 Å². The summed E-state index contributed by atoms with van der Waals surface area (Å²) in [6.07, 6.45) is 3.61. The second-order valence-electron chi connectivity index (χ2n) is 6.02. The van der Waals surface area contributed by atoms with Crippen LogP contribution < -0.4 is 10.1 Å². The number of halogens is 1. The first-order valence-electron chi connectivity index (χ1n) is 8.23. The smallest absolute Gasteiger partial charge is 0.173 e. The number of piperidine rings is 1. The number of para-hydroxylation sites is 1. The Morgan fingerprint density at radius 1 is 1.21 bits per heavy atom. The van der Waals surface area contributed by atoms with Gasteiger partial charge in [-0.05, 0) is 68.7 Å². The molecule has 0 bridgehead atoms. The monoisotopic (exact) mass is 360 g/mol. The van der Waals surface area contributed by atoms with E-state index >= 15 is 0 Å². The third-order valence-electron chi connectivity index (χ3n) is 4.22. The van der Waals surface area contributed by atoms with Crippen LogP contribution in [0.1, 0.15) is 26.2 Å². The Labute approximate surface area is 153 Å². The van der Waals surface area contributed by atoms with Crippen LogP contribution in [-0.2, 0) is 0 Å². The summed E-state index contributed by atoms with van der Waals surface area (Å²) in [5.41, 5.74) is 0.786. The average Bonchev–Trinajstić information content (AvgIpc) is 2.58. The maximum absolute atomic E-state index is 6.17. The number of likely N-dealkylation sites (tertiary alicyclic amines) is 1. The number of benzene rings is 2. The Bertz CT molecular complexity index is 708. The molecule has 1 aliphatic rings. The first kappa shape index (κ1) is 17.1. The number of nitrogens with one attached hydrogen (secondary N) is 1. The summed E-state index contributed by atoms with van der Waals surface area (Å²) >= 11 is 11.8. The Morgan fingerprint density at radius 3 is 2.75 bits per heavy atom. The van der Waals surface area contributed by atoms with Crippen molar-refractivity contribution in [3.05, 3.63) is 53.6 Å². The molecule has 2 aromatic rings. The van der Waals surface area contributed by atoms with Crippen LogP contribution in [0, 0.1) is 0 Å². The molecule has 24 heavy (non-hydrogen) atoms. The van der Waals surface area contributed by atoms with E-state index in [-0.39, 0.29) is 0 Å². The van der Waals surface area contributed by atoms with Gasteiger partial charge in [-0.15, -0.1) is 0 Å². The molecule has 5 heteroatoms. The predicted octanol–water partition coefficient (Wildman–Crippen LogP) is 5.70. The normalized spacial score (nSPS) is 17.4. The molecule has 1 heterocycles. The van der Waals surface area contributed by atoms with Crippen LogP contribution in [0.5, 0.6) is 11.5 Å². The minimum absolute atomic E-state index is 0.455. The first-order chi connectivity index (χ1) is 11.6. The molecule has 1 saturated heterocycles. The highest BCUT2D eigenvalue weighted by Gasteiger charge is 2.21. The summed E-state index contributed by atoms with van der Waals surface area (Å²) in [5, 5.41) is 4.69. The molecular formula is C19H21ClN2OS. The molecular weight excluding hydrogens is 340 g/mol. The fraction of sp³-hybridized carbons (Fsp3) is 0.316. The van der Waals surface area contributed by atoms with Crippen molar-refractivity contribution >= 4 is 34.6 Å². The van der Waals surface area contributed by atoms with Gasteiger partial charge in [-0.1, -0.05) is 29.8 Å². The topological polar surface area (TPSA) is 24.5 Å². The Kier molecular flexibility index (Phi) is 5.59. The van der Waals surface area contributed by atoms with Gasteiger partial charge in [0.25, 0.3) is 0 Å². The molecule has 0 radical (unpaired) electrons. The van der Waals surface area contributed by atoms with Gasteiger partial charge in [-0.25, -0.2) is 0 Å². The van der Waals surface area contributed by atoms with Crippen LogP contribution in [-0.4, -0.2) is 22.6 Å². The van der Waals surface area contributed by atoms with Crippen LogP contribution in [0.25, 0.3) is 0 Å². The van der Waals surface area contributed by atoms with Crippen molar-refractivity contribution in [3.63, 3.8) is 0 Å². The van der Waals surface area contributed by atoms with Crippen LogP contribution in [0.15, 0.2) is 48.5 Å². The van der Waals surface area contributed by atoms with Crippen LogP contribution in [0.4, 0.5) is 5.69 Å². The number of ether oxygens (including phenoxy) is 1. The molecule has 0 aromatic heterocycles. The quantitative estimate of drug-likeness (QED) is 0.709. The van der Waals surface area contributed by atoms with Gasteiger partial charge in [0.2, 0.25) is 0 Å². The molecule has 2 aromatic carbocycles. The van der Waals surface area contributed by atoms with E-state index < -0.39 is 0 Å². The second-order valence-corrected chi connectivity index (χ2v) is 6.85. The molecule has 0 spiro atoms. The Hall–Kier alpha value is -1.78. The number of anilines is 1. The lowest BCUT2D eigenvalue weighted by molar-refractivity contribution is 0.262. The highest BCUT2D eigenvalue weighted by molar-refractivity contribution is 7.80. The number of rotatable bonds is 3. The number of hydrogen-bond acceptors (Lipinski definition) is 2. The zero-order chi connectivity index (χ0) is 16.9. The molecule has 3 rings (SSSR count). The van der Waals surface area contributed by atoms with Crippen molar-refractivity contribution in [1.29, 1.82) is 0 Å². The molecule has 0 unspecified atom stereocenters. The van der Waals surface area contributed by atoms with E-state index in [1.165, 1.54) is 19.3 Å². The summed E-state index contributed by atoms with van der Waals surface area (Å²) in [4.78, 5) is 2.24. The van der Waals surface area contributed by atoms with Gasteiger partial charge in [0.1, 0.15) is 5.75 Å². The lowest BCUT2D eigenvalue weighted by atomic mass is 10.0. The highest BCUT2D eigenvalue weighted by atomic mass is 35.5. The largest absolute Gasteiger partial charge is 0.455 e. The second kappa shape index (κ2) is 7.86. The minimum Gasteiger partial charge on any atom is -0.455 e. The van der Waals surface area contributed by atoms with Gasteiger partial charge in [0, 0.05) is 17.6 Å². The van der Waals surface area contributed by atoms with Gasteiger partial charge in [-0.2, -0.15) is 0 Å². The average molecular weight is 361 g/mol. The van der Waals surface area contributed by atoms with Crippen molar-refractivity contribution in [2.45, 2.75) is 32.2 Å². The summed E-state index contributed by atoms with van der Waals surface area (Å²) in [5.74, 6) is 1.48. The standard InChI is InChI=1S/C19H21ClN2OS/c1-14-7-5-6-12-22(14)19(24)21-17-13-15(20)10-11-18(17)23-16-8-3-2-4-9-16/h2-4,8-11,13-14H,5-7,12H2,1H3,(H,21,24)/t14-/m1/s1. The van der Waals surface area contributed by atoms with Gasteiger partial charge in [0.05, 0.1) is 5.69 Å². The molecule has 1 atom stereocenters. The maximum atomic E-state index is 6.17. The summed E-state index contributed by atoms with van der Waals surface area (Å²) in [6, 6.07) is 15.7. The molecule has 126 valence electrons. The minimum atomic E-state index is 0.455. The van der Waals surface area contributed by atoms with E-state index in [2.05, 4.69) is 17.1 Å². The fourth-order valence-corrected chi connectivity index (χ4v) is 3.44. The van der Waals surface area contributed by atoms with E-state index in [0.717, 1.165) is 23.1 Å². The number of nitrogens with zero attached hydrogens (tertiary/aromatic N) is 1. The molecule has 1 N–H and O–H groups in total. The van der Waals surface area contributed by atoms with E-state index in [9.17, 15) is 0 Å². The Balaban J connectivity index is 1.79. The van der Waals surface area contributed by atoms with E-state index in [1.807, 2.05) is 48.5 Å². The van der Waals surface area contributed by atoms with Gasteiger partial charge in [-0.3, -0.25) is 0 Å². The van der Waals surface area contributed by atoms with E-state index in [0.29, 0.717) is 16.8 Å². The van der Waals surface area contributed by atoms with E-state index in [1.54, 1.807) is 0 Å². The Morgan fingerprint density at radius 2 is 2.00 bits per heavy atom. The zero-order valence-electron chi connectivity index (χ0n) is 13.7. The summed E-state index contributed by atoms with van der Waals surface area (Å²) < 4.78 is 5.98. The third-order valence-corrected chi connectivity index (χ3v) is 4.79. The SMILES string of the molecule is C[C@@H]1CCCCN1C(=S)Nc1cc(Cl)ccc1Oc1ccccc1. The third kappa shape index (κ3) is 4.19. The zero-order valence-corrected chi connectivity index (χ0v) is 15.2. The molecule has 0 aliphatic carbocycles. The van der Waals surface area contributed by atoms with Gasteiger partial charge < -0.3 is 15.0 Å². The lowest BCUT2D eigenvalue weighted by Gasteiger charge is -2.35. The van der Waals surface area contributed by atoms with Crippen molar-refractivity contribution < 1.29 is 4.74 Å². The van der Waals surface area contributed by atoms with Crippen LogP contribution in [0.3, 0.4) is 0 Å². The molecule has 1 aliphatic heterocycles. The predicted molar refractivity (Wildman–Crippen MR) is 104 cm³/mol. The molecule has 0 amide bonds. The van der Waals surface area contributed by atoms with Gasteiger partial charge >= 0.3 is 0 Å². The van der Waals surface area contributed by atoms with Crippen molar-refractivity contribution in [1.82, 2.24) is 4.90 Å². The van der Waals surface area contributed by atoms with E-state index in [4.69, 9.17) is 28.6 Å². The lowest BCUT2D eigenvalue weighted by Crippen LogP contribution is -2.44. The summed E-state index contributed by atoms with van der Waals surface area (Å²) in [7, 11) is 0. The first-order valence-corrected chi connectivity index (χ1v) is 9.02. The van der Waals surface area contributed by atoms with Crippen molar-refractivity contribution in [2.24, 2.45) is 0 Å². The number of thiocarbonyl (C=S) groups is 1. The van der Waals surface area contributed by atoms with Crippen molar-refractivity contribution in [3.8, 4) is 11.5 Å².